The summed E-state index contributed by atoms with van der Waals surface area (Å²) in [6, 6.07) is 0. The van der Waals surface area contributed by atoms with E-state index in [4.69, 9.17) is 9.47 Å². The smallest absolute Gasteiger partial charge is 0.170 e. The van der Waals surface area contributed by atoms with Crippen LogP contribution in [0.15, 0.2) is 0 Å². The molecule has 0 aromatic heterocycles. The molecule has 0 heterocycles. The lowest BCUT2D eigenvalue weighted by Crippen LogP contribution is -2.47. The van der Waals surface area contributed by atoms with Crippen LogP contribution in [0.4, 0.5) is 0 Å². The molecule has 3 saturated carbocycles. The lowest BCUT2D eigenvalue weighted by molar-refractivity contribution is -0.262. The predicted molar refractivity (Wildman–Crippen MR) is 67.6 cm³/mol. The number of ether oxygens (including phenoxy) is 2. The van der Waals surface area contributed by atoms with Crippen molar-refractivity contribution in [2.75, 3.05) is 14.2 Å². The Morgan fingerprint density at radius 3 is 2.35 bits per heavy atom. The number of fused-ring (bicyclic) bond motifs is 3. The first kappa shape index (κ1) is 12.0. The zero-order chi connectivity index (χ0) is 11.9. The van der Waals surface area contributed by atoms with Crippen molar-refractivity contribution in [3.63, 3.8) is 0 Å². The van der Waals surface area contributed by atoms with Crippen molar-refractivity contribution < 1.29 is 9.47 Å². The first-order valence-corrected chi connectivity index (χ1v) is 7.41. The number of hydrogen-bond donors (Lipinski definition) is 0. The molecule has 0 spiro atoms. The molecule has 4 atom stereocenters. The summed E-state index contributed by atoms with van der Waals surface area (Å²) in [5.74, 6) is 3.26. The zero-order valence-corrected chi connectivity index (χ0v) is 11.3. The Balaban J connectivity index is 1.84. The molecule has 0 N–H and O–H groups in total. The Hall–Kier alpha value is -0.0800. The highest BCUT2D eigenvalue weighted by Gasteiger charge is 2.55. The molecule has 3 aliphatic carbocycles. The summed E-state index contributed by atoms with van der Waals surface area (Å²) >= 11 is 0. The van der Waals surface area contributed by atoms with E-state index >= 15 is 0 Å². The van der Waals surface area contributed by atoms with E-state index < -0.39 is 0 Å². The van der Waals surface area contributed by atoms with Crippen LogP contribution in [0, 0.1) is 23.7 Å². The molecule has 2 heteroatoms. The largest absolute Gasteiger partial charge is 0.353 e. The second kappa shape index (κ2) is 4.55. The van der Waals surface area contributed by atoms with Crippen LogP contribution < -0.4 is 0 Å². The predicted octanol–water partition coefficient (Wildman–Crippen LogP) is 3.60. The van der Waals surface area contributed by atoms with Gasteiger partial charge in [-0.15, -0.1) is 0 Å². The van der Waals surface area contributed by atoms with Gasteiger partial charge in [0.05, 0.1) is 0 Å². The molecule has 17 heavy (non-hydrogen) atoms. The third-order valence-electron chi connectivity index (χ3n) is 5.91. The van der Waals surface area contributed by atoms with Gasteiger partial charge in [0.1, 0.15) is 0 Å². The molecule has 3 aliphatic rings. The van der Waals surface area contributed by atoms with Gasteiger partial charge in [0.25, 0.3) is 0 Å². The van der Waals surface area contributed by atoms with Gasteiger partial charge in [0, 0.05) is 26.6 Å². The summed E-state index contributed by atoms with van der Waals surface area (Å²) in [5, 5.41) is 0. The molecular formula is C15H26O2. The van der Waals surface area contributed by atoms with Gasteiger partial charge in [-0.3, -0.25) is 0 Å². The molecule has 3 rings (SSSR count). The fourth-order valence-electron chi connectivity index (χ4n) is 5.17. The van der Waals surface area contributed by atoms with Gasteiger partial charge in [-0.05, 0) is 43.4 Å². The molecule has 0 aliphatic heterocycles. The van der Waals surface area contributed by atoms with E-state index in [0.29, 0.717) is 5.92 Å². The summed E-state index contributed by atoms with van der Waals surface area (Å²) in [4.78, 5) is 0. The Labute approximate surface area is 105 Å². The van der Waals surface area contributed by atoms with Gasteiger partial charge in [-0.1, -0.05) is 19.3 Å². The Kier molecular flexibility index (Phi) is 3.20. The highest BCUT2D eigenvalue weighted by Crippen LogP contribution is 2.57. The third-order valence-corrected chi connectivity index (χ3v) is 5.91. The Morgan fingerprint density at radius 1 is 0.882 bits per heavy atom. The average Bonchev–Trinajstić information content (AvgIpc) is 2.77. The van der Waals surface area contributed by atoms with Crippen molar-refractivity contribution in [2.45, 2.75) is 57.2 Å². The molecular weight excluding hydrogens is 212 g/mol. The van der Waals surface area contributed by atoms with Crippen LogP contribution in [-0.4, -0.2) is 20.0 Å². The van der Waals surface area contributed by atoms with Crippen LogP contribution in [-0.2, 0) is 9.47 Å². The minimum atomic E-state index is -0.250. The number of rotatable bonds is 2. The molecule has 2 nitrogen and oxygen atoms in total. The topological polar surface area (TPSA) is 18.5 Å². The van der Waals surface area contributed by atoms with E-state index in [1.807, 2.05) is 14.2 Å². The minimum Gasteiger partial charge on any atom is -0.353 e. The lowest BCUT2D eigenvalue weighted by Gasteiger charge is -2.44. The number of methoxy groups -OCH3 is 2. The molecule has 3 fully saturated rings. The molecule has 98 valence electrons. The second-order valence-corrected chi connectivity index (χ2v) is 6.33. The molecule has 0 aromatic carbocycles. The summed E-state index contributed by atoms with van der Waals surface area (Å²) < 4.78 is 11.7. The number of hydrogen-bond acceptors (Lipinski definition) is 2. The van der Waals surface area contributed by atoms with Gasteiger partial charge in [-0.2, -0.15) is 0 Å². The monoisotopic (exact) mass is 238 g/mol. The van der Waals surface area contributed by atoms with Crippen LogP contribution in [0.5, 0.6) is 0 Å². The first-order valence-electron chi connectivity index (χ1n) is 7.41. The van der Waals surface area contributed by atoms with Crippen LogP contribution >= 0.6 is 0 Å². The van der Waals surface area contributed by atoms with Crippen molar-refractivity contribution in [2.24, 2.45) is 23.7 Å². The zero-order valence-electron chi connectivity index (χ0n) is 11.3. The molecule has 0 saturated heterocycles. The highest BCUT2D eigenvalue weighted by molar-refractivity contribution is 5.01. The lowest BCUT2D eigenvalue weighted by atomic mass is 9.71. The SMILES string of the molecule is COC1(OC)CCCC2C3CCCCC3CC21. The van der Waals surface area contributed by atoms with E-state index in [9.17, 15) is 0 Å². The molecule has 0 amide bonds. The molecule has 0 radical (unpaired) electrons. The average molecular weight is 238 g/mol. The van der Waals surface area contributed by atoms with Gasteiger partial charge in [0.15, 0.2) is 5.79 Å². The van der Waals surface area contributed by atoms with Crippen molar-refractivity contribution in [1.82, 2.24) is 0 Å². The van der Waals surface area contributed by atoms with Gasteiger partial charge < -0.3 is 9.47 Å². The molecule has 0 aromatic rings. The fraction of sp³-hybridized carbons (Fsp3) is 1.00. The van der Waals surface area contributed by atoms with Gasteiger partial charge in [-0.25, -0.2) is 0 Å². The summed E-state index contributed by atoms with van der Waals surface area (Å²) in [7, 11) is 3.68. The summed E-state index contributed by atoms with van der Waals surface area (Å²) in [6.07, 6.45) is 11.0. The van der Waals surface area contributed by atoms with Crippen LogP contribution in [0.1, 0.15) is 51.4 Å². The highest BCUT2D eigenvalue weighted by atomic mass is 16.7. The van der Waals surface area contributed by atoms with Crippen molar-refractivity contribution in [3.8, 4) is 0 Å². The van der Waals surface area contributed by atoms with E-state index in [2.05, 4.69) is 0 Å². The summed E-state index contributed by atoms with van der Waals surface area (Å²) in [5.41, 5.74) is 0. The quantitative estimate of drug-likeness (QED) is 0.684. The fourth-order valence-corrected chi connectivity index (χ4v) is 5.17. The molecule has 4 unspecified atom stereocenters. The maximum absolute atomic E-state index is 5.83. The van der Waals surface area contributed by atoms with Gasteiger partial charge >= 0.3 is 0 Å². The second-order valence-electron chi connectivity index (χ2n) is 6.33. The van der Waals surface area contributed by atoms with E-state index in [-0.39, 0.29) is 5.79 Å². The first-order chi connectivity index (χ1) is 8.30. The Bertz CT molecular complexity index is 272. The van der Waals surface area contributed by atoms with Crippen molar-refractivity contribution >= 4 is 0 Å². The van der Waals surface area contributed by atoms with Gasteiger partial charge in [0.2, 0.25) is 0 Å². The van der Waals surface area contributed by atoms with Crippen molar-refractivity contribution in [3.05, 3.63) is 0 Å². The van der Waals surface area contributed by atoms with Crippen molar-refractivity contribution in [1.29, 1.82) is 0 Å². The maximum Gasteiger partial charge on any atom is 0.170 e. The standard InChI is InChI=1S/C15H26O2/c1-16-15(17-2)9-5-8-13-12-7-4-3-6-11(12)10-14(13)15/h11-14H,3-10H2,1-2H3. The third kappa shape index (κ3) is 1.76. The normalized spacial score (nSPS) is 44.1. The Morgan fingerprint density at radius 2 is 1.59 bits per heavy atom. The van der Waals surface area contributed by atoms with E-state index in [0.717, 1.165) is 24.2 Å². The van der Waals surface area contributed by atoms with Crippen LogP contribution in [0.25, 0.3) is 0 Å². The summed E-state index contributed by atoms with van der Waals surface area (Å²) in [6.45, 7) is 0. The van der Waals surface area contributed by atoms with E-state index in [1.165, 1.54) is 44.9 Å². The minimum absolute atomic E-state index is 0.250. The van der Waals surface area contributed by atoms with Crippen LogP contribution in [0.2, 0.25) is 0 Å². The van der Waals surface area contributed by atoms with E-state index in [1.54, 1.807) is 0 Å². The van der Waals surface area contributed by atoms with Crippen LogP contribution in [0.3, 0.4) is 0 Å². The molecule has 0 bridgehead atoms. The maximum atomic E-state index is 5.83.